The molecule has 2 aliphatic heterocycles. The Hall–Kier alpha value is -2.27. The molecule has 0 aliphatic carbocycles. The average Bonchev–Trinajstić information content (AvgIpc) is 2.69. The van der Waals surface area contributed by atoms with E-state index in [1.807, 2.05) is 30.6 Å². The molecule has 1 amide bonds. The smallest absolute Gasteiger partial charge is 0.229 e. The lowest BCUT2D eigenvalue weighted by molar-refractivity contribution is -0.150. The monoisotopic (exact) mass is 350 g/mol. The van der Waals surface area contributed by atoms with E-state index in [0.717, 1.165) is 51.9 Å². The molecule has 5 nitrogen and oxygen atoms in total. The summed E-state index contributed by atoms with van der Waals surface area (Å²) in [6.07, 6.45) is 11.4. The van der Waals surface area contributed by atoms with Crippen LogP contribution in [0, 0.1) is 5.41 Å². The van der Waals surface area contributed by atoms with Crippen molar-refractivity contribution in [3.05, 3.63) is 60.2 Å². The lowest BCUT2D eigenvalue weighted by Crippen LogP contribution is -2.53. The molecule has 0 atom stereocenters. The second kappa shape index (κ2) is 7.54. The zero-order chi connectivity index (χ0) is 17.8. The van der Waals surface area contributed by atoms with Crippen molar-refractivity contribution in [2.75, 3.05) is 19.6 Å². The van der Waals surface area contributed by atoms with Gasteiger partial charge >= 0.3 is 0 Å². The highest BCUT2D eigenvalue weighted by molar-refractivity contribution is 5.83. The number of piperidine rings is 2. The molecular formula is C21H26N4O. The van der Waals surface area contributed by atoms with Crippen molar-refractivity contribution in [1.82, 2.24) is 19.8 Å². The van der Waals surface area contributed by atoms with Crippen LogP contribution >= 0.6 is 0 Å². The molecule has 4 rings (SSSR count). The van der Waals surface area contributed by atoms with Crippen molar-refractivity contribution >= 4 is 5.91 Å². The van der Waals surface area contributed by atoms with Crippen molar-refractivity contribution in [3.63, 3.8) is 0 Å². The van der Waals surface area contributed by atoms with Crippen LogP contribution in [-0.2, 0) is 17.9 Å². The van der Waals surface area contributed by atoms with Crippen LogP contribution in [0.2, 0.25) is 0 Å². The maximum Gasteiger partial charge on any atom is 0.229 e. The van der Waals surface area contributed by atoms with Gasteiger partial charge in [0.05, 0.1) is 5.41 Å². The number of nitrogens with zero attached hydrogens (tertiary/aromatic N) is 4. The second-order valence-corrected chi connectivity index (χ2v) is 7.60. The Bertz CT molecular complexity index is 726. The Balaban J connectivity index is 1.38. The average molecular weight is 350 g/mol. The normalized spacial score (nSPS) is 20.5. The highest BCUT2D eigenvalue weighted by Gasteiger charge is 2.45. The van der Waals surface area contributed by atoms with Gasteiger partial charge in [-0.05, 0) is 68.1 Å². The predicted molar refractivity (Wildman–Crippen MR) is 100 cm³/mol. The summed E-state index contributed by atoms with van der Waals surface area (Å²) < 4.78 is 0. The number of aromatic nitrogens is 2. The van der Waals surface area contributed by atoms with E-state index in [0.29, 0.717) is 12.5 Å². The largest absolute Gasteiger partial charge is 0.338 e. The molecule has 2 aromatic heterocycles. The topological polar surface area (TPSA) is 49.3 Å². The number of carbonyl (C=O) groups is 1. The fourth-order valence-corrected chi connectivity index (χ4v) is 4.36. The predicted octanol–water partition coefficient (Wildman–Crippen LogP) is 2.88. The molecule has 2 aliphatic rings. The van der Waals surface area contributed by atoms with Crippen molar-refractivity contribution < 1.29 is 4.79 Å². The molecule has 0 radical (unpaired) electrons. The number of rotatable bonds is 4. The fraction of sp³-hybridized carbons (Fsp3) is 0.476. The number of amides is 1. The van der Waals surface area contributed by atoms with E-state index in [1.54, 1.807) is 12.4 Å². The molecule has 136 valence electrons. The Kier molecular flexibility index (Phi) is 4.98. The molecule has 5 heteroatoms. The third-order valence-electron chi connectivity index (χ3n) is 5.89. The molecule has 1 spiro atoms. The first kappa shape index (κ1) is 17.2. The zero-order valence-electron chi connectivity index (χ0n) is 15.2. The number of pyridine rings is 2. The molecule has 2 aromatic rings. The van der Waals surface area contributed by atoms with Gasteiger partial charge in [0, 0.05) is 44.4 Å². The van der Waals surface area contributed by atoms with E-state index in [4.69, 9.17) is 0 Å². The molecule has 2 saturated heterocycles. The third-order valence-corrected chi connectivity index (χ3v) is 5.89. The summed E-state index contributed by atoms with van der Waals surface area (Å²) in [4.78, 5) is 26.0. The molecule has 2 fully saturated rings. The van der Waals surface area contributed by atoms with E-state index >= 15 is 0 Å². The van der Waals surface area contributed by atoms with Crippen LogP contribution in [0.4, 0.5) is 0 Å². The SMILES string of the molecule is O=C1N(Cc2ccncc2)CCCC12CCN(Cc1cccnc1)CC2. The summed E-state index contributed by atoms with van der Waals surface area (Å²) in [6.45, 7) is 4.50. The highest BCUT2D eigenvalue weighted by atomic mass is 16.2. The first-order valence-corrected chi connectivity index (χ1v) is 9.55. The second-order valence-electron chi connectivity index (χ2n) is 7.60. The molecule has 0 unspecified atom stereocenters. The number of hydrogen-bond donors (Lipinski definition) is 0. The Morgan fingerprint density at radius 3 is 2.42 bits per heavy atom. The maximum atomic E-state index is 13.3. The van der Waals surface area contributed by atoms with Gasteiger partial charge in [-0.25, -0.2) is 0 Å². The van der Waals surface area contributed by atoms with Crippen molar-refractivity contribution in [2.45, 2.75) is 38.8 Å². The summed E-state index contributed by atoms with van der Waals surface area (Å²) in [5, 5.41) is 0. The van der Waals surface area contributed by atoms with E-state index in [1.165, 1.54) is 11.1 Å². The lowest BCUT2D eigenvalue weighted by atomic mass is 9.71. The summed E-state index contributed by atoms with van der Waals surface area (Å²) in [5.41, 5.74) is 2.27. The number of carbonyl (C=O) groups excluding carboxylic acids is 1. The van der Waals surface area contributed by atoms with Gasteiger partial charge < -0.3 is 4.90 Å². The van der Waals surface area contributed by atoms with Crippen LogP contribution in [0.15, 0.2) is 49.1 Å². The molecule has 4 heterocycles. The van der Waals surface area contributed by atoms with E-state index in [-0.39, 0.29) is 5.41 Å². The van der Waals surface area contributed by atoms with Gasteiger partial charge in [-0.15, -0.1) is 0 Å². The van der Waals surface area contributed by atoms with Gasteiger partial charge in [0.25, 0.3) is 0 Å². The summed E-state index contributed by atoms with van der Waals surface area (Å²) in [5.74, 6) is 0.363. The molecule has 0 N–H and O–H groups in total. The minimum Gasteiger partial charge on any atom is -0.338 e. The minimum atomic E-state index is -0.142. The third kappa shape index (κ3) is 3.63. The quantitative estimate of drug-likeness (QED) is 0.851. The van der Waals surface area contributed by atoms with Crippen LogP contribution in [0.1, 0.15) is 36.8 Å². The lowest BCUT2D eigenvalue weighted by Gasteiger charge is -2.46. The van der Waals surface area contributed by atoms with Gasteiger partial charge in [0.2, 0.25) is 5.91 Å². The van der Waals surface area contributed by atoms with E-state index in [9.17, 15) is 4.79 Å². The maximum absolute atomic E-state index is 13.3. The Morgan fingerprint density at radius 1 is 0.885 bits per heavy atom. The van der Waals surface area contributed by atoms with Crippen LogP contribution in [0.25, 0.3) is 0 Å². The zero-order valence-corrected chi connectivity index (χ0v) is 15.2. The number of likely N-dealkylation sites (tertiary alicyclic amines) is 2. The Labute approximate surface area is 155 Å². The van der Waals surface area contributed by atoms with Crippen LogP contribution < -0.4 is 0 Å². The summed E-state index contributed by atoms with van der Waals surface area (Å²) in [6, 6.07) is 8.12. The molecule has 26 heavy (non-hydrogen) atoms. The van der Waals surface area contributed by atoms with Gasteiger partial charge in [-0.3, -0.25) is 19.7 Å². The van der Waals surface area contributed by atoms with Gasteiger partial charge in [-0.2, -0.15) is 0 Å². The van der Waals surface area contributed by atoms with Crippen LogP contribution in [-0.4, -0.2) is 45.3 Å². The molecular weight excluding hydrogens is 324 g/mol. The van der Waals surface area contributed by atoms with Crippen LogP contribution in [0.5, 0.6) is 0 Å². The van der Waals surface area contributed by atoms with Crippen LogP contribution in [0.3, 0.4) is 0 Å². The van der Waals surface area contributed by atoms with E-state index < -0.39 is 0 Å². The van der Waals surface area contributed by atoms with Crippen molar-refractivity contribution in [3.8, 4) is 0 Å². The highest BCUT2D eigenvalue weighted by Crippen LogP contribution is 2.41. The van der Waals surface area contributed by atoms with Gasteiger partial charge in [0.15, 0.2) is 0 Å². The molecule has 0 bridgehead atoms. The first-order chi connectivity index (χ1) is 12.8. The van der Waals surface area contributed by atoms with Gasteiger partial charge in [-0.1, -0.05) is 6.07 Å². The fourth-order valence-electron chi connectivity index (χ4n) is 4.36. The molecule has 0 saturated carbocycles. The summed E-state index contributed by atoms with van der Waals surface area (Å²) >= 11 is 0. The summed E-state index contributed by atoms with van der Waals surface area (Å²) in [7, 11) is 0. The number of hydrogen-bond acceptors (Lipinski definition) is 4. The first-order valence-electron chi connectivity index (χ1n) is 9.55. The van der Waals surface area contributed by atoms with Gasteiger partial charge in [0.1, 0.15) is 0 Å². The van der Waals surface area contributed by atoms with E-state index in [2.05, 4.69) is 25.8 Å². The van der Waals surface area contributed by atoms with Crippen molar-refractivity contribution in [1.29, 1.82) is 0 Å². The minimum absolute atomic E-state index is 0.142. The standard InChI is InChI=1S/C21H26N4O/c26-20-21(6-2-12-25(20)17-18-4-10-22-11-5-18)7-13-24(14-8-21)16-19-3-1-9-23-15-19/h1,3-5,9-11,15H,2,6-8,12-14,16-17H2. The van der Waals surface area contributed by atoms with Crippen molar-refractivity contribution in [2.24, 2.45) is 5.41 Å². The molecule has 0 aromatic carbocycles. The Morgan fingerprint density at radius 2 is 1.69 bits per heavy atom.